The molecule has 0 aliphatic rings. The van der Waals surface area contributed by atoms with Crippen LogP contribution >= 0.6 is 35.0 Å². The molecule has 0 unspecified atom stereocenters. The number of pyridine rings is 1. The predicted octanol–water partition coefficient (Wildman–Crippen LogP) is 8.71. The minimum Gasteiger partial charge on any atom is -0.446 e. The Balaban J connectivity index is 1.43. The number of nitrogens with one attached hydrogen (secondary N) is 3. The lowest BCUT2D eigenvalue weighted by Gasteiger charge is -2.16. The van der Waals surface area contributed by atoms with Gasteiger partial charge in [-0.2, -0.15) is 0 Å². The van der Waals surface area contributed by atoms with Gasteiger partial charge in [0.15, 0.2) is 5.65 Å². The van der Waals surface area contributed by atoms with E-state index >= 15 is 0 Å². The first kappa shape index (κ1) is 33.8. The van der Waals surface area contributed by atoms with Gasteiger partial charge in [-0.1, -0.05) is 31.7 Å². The monoisotopic (exact) mass is 689 g/mol. The van der Waals surface area contributed by atoms with E-state index in [0.29, 0.717) is 34.1 Å². The third-order valence-electron chi connectivity index (χ3n) is 6.89. The average molecular weight is 691 g/mol. The molecular formula is C34H33Cl2N7O3S. The maximum Gasteiger partial charge on any atom is 0.411 e. The van der Waals surface area contributed by atoms with Crippen molar-refractivity contribution in [2.24, 2.45) is 0 Å². The molecule has 5 aromatic rings. The number of carbonyl (C=O) groups excluding carboxylic acids is 2. The summed E-state index contributed by atoms with van der Waals surface area (Å²) in [5.74, 6) is 0.603. The average Bonchev–Trinajstić information content (AvgIpc) is 3.05. The van der Waals surface area contributed by atoms with E-state index in [1.54, 1.807) is 18.2 Å². The lowest BCUT2D eigenvalue weighted by molar-refractivity contribution is 0.102. The molecule has 0 fully saturated rings. The Hall–Kier alpha value is -4.58. The van der Waals surface area contributed by atoms with Gasteiger partial charge in [-0.25, -0.2) is 19.7 Å². The number of rotatable bonds is 11. The summed E-state index contributed by atoms with van der Waals surface area (Å²) in [5, 5.41) is 9.89. The Labute approximate surface area is 287 Å². The molecule has 3 aromatic carbocycles. The molecule has 47 heavy (non-hydrogen) atoms. The van der Waals surface area contributed by atoms with Gasteiger partial charge in [0.1, 0.15) is 23.6 Å². The highest BCUT2D eigenvalue weighted by Gasteiger charge is 2.15. The number of hydrogen-bond donors (Lipinski definition) is 3. The summed E-state index contributed by atoms with van der Waals surface area (Å²) in [6.07, 6.45) is 0.830. The Bertz CT molecular complexity index is 1890. The molecule has 2 aromatic heterocycles. The Morgan fingerprint density at radius 1 is 0.915 bits per heavy atom. The minimum atomic E-state index is -0.801. The fraction of sp³-hybridized carbons (Fsp3) is 0.206. The van der Waals surface area contributed by atoms with Crippen LogP contribution in [0.4, 0.5) is 33.4 Å². The lowest BCUT2D eigenvalue weighted by atomic mass is 10.1. The van der Waals surface area contributed by atoms with Gasteiger partial charge in [0, 0.05) is 52.2 Å². The number of alkyl halides is 2. The highest BCUT2D eigenvalue weighted by Crippen LogP contribution is 2.38. The number of anilines is 5. The third-order valence-corrected chi connectivity index (χ3v) is 8.23. The number of nitrogens with zero attached hydrogens (tertiary/aromatic N) is 4. The van der Waals surface area contributed by atoms with Crippen molar-refractivity contribution in [3.8, 4) is 0 Å². The van der Waals surface area contributed by atoms with Crippen molar-refractivity contribution >= 4 is 86.6 Å². The molecule has 0 spiro atoms. The first-order chi connectivity index (χ1) is 22.5. The van der Waals surface area contributed by atoms with E-state index in [1.165, 1.54) is 18.1 Å². The normalized spacial score (nSPS) is 11.1. The fourth-order valence-electron chi connectivity index (χ4n) is 4.45. The van der Waals surface area contributed by atoms with E-state index in [0.717, 1.165) is 26.6 Å². The van der Waals surface area contributed by atoms with Crippen molar-refractivity contribution < 1.29 is 14.3 Å². The minimum absolute atomic E-state index is 0.117. The van der Waals surface area contributed by atoms with E-state index in [-0.39, 0.29) is 18.4 Å². The van der Waals surface area contributed by atoms with Crippen LogP contribution in [0.25, 0.3) is 11.0 Å². The maximum absolute atomic E-state index is 13.2. The van der Waals surface area contributed by atoms with Gasteiger partial charge in [-0.3, -0.25) is 10.1 Å². The number of benzene rings is 3. The van der Waals surface area contributed by atoms with Crippen LogP contribution in [0, 0.1) is 0 Å². The summed E-state index contributed by atoms with van der Waals surface area (Å²) in [5.41, 5.74) is 4.86. The van der Waals surface area contributed by atoms with Crippen LogP contribution in [0.15, 0.2) is 95.0 Å². The molecule has 242 valence electrons. The van der Waals surface area contributed by atoms with Crippen molar-refractivity contribution in [1.82, 2.24) is 15.0 Å². The maximum atomic E-state index is 13.2. The number of aromatic nitrogens is 3. The molecule has 0 aliphatic heterocycles. The highest BCUT2D eigenvalue weighted by atomic mass is 35.5. The number of amides is 2. The number of hydrogen-bond acceptors (Lipinski definition) is 9. The predicted molar refractivity (Wildman–Crippen MR) is 191 cm³/mol. The molecular weight excluding hydrogens is 657 g/mol. The SMILES string of the molecule is CC(C)c1ccc2c(Nc3cc(NC(=O)c4cccc(N(C)C)c4)ccc3Sc3ccc(NC(=O)OCC(Cl)Cl)cc3)ncnc2n1. The van der Waals surface area contributed by atoms with E-state index < -0.39 is 10.9 Å². The largest absolute Gasteiger partial charge is 0.446 e. The van der Waals surface area contributed by atoms with Gasteiger partial charge in [0.05, 0.1) is 11.1 Å². The smallest absolute Gasteiger partial charge is 0.411 e. The molecule has 0 atom stereocenters. The molecule has 3 N–H and O–H groups in total. The van der Waals surface area contributed by atoms with Crippen LogP contribution in [0.3, 0.4) is 0 Å². The van der Waals surface area contributed by atoms with Crippen LogP contribution in [0.5, 0.6) is 0 Å². The van der Waals surface area contributed by atoms with Crippen molar-refractivity contribution in [3.63, 3.8) is 0 Å². The summed E-state index contributed by atoms with van der Waals surface area (Å²) < 4.78 is 4.96. The molecule has 2 amide bonds. The zero-order chi connectivity index (χ0) is 33.5. The molecule has 0 radical (unpaired) electrons. The van der Waals surface area contributed by atoms with Crippen molar-refractivity contribution in [2.45, 2.75) is 34.4 Å². The molecule has 5 rings (SSSR count). The molecule has 0 aliphatic carbocycles. The first-order valence-corrected chi connectivity index (χ1v) is 16.4. The van der Waals surface area contributed by atoms with Gasteiger partial charge < -0.3 is 20.3 Å². The van der Waals surface area contributed by atoms with Crippen LogP contribution in [-0.4, -0.2) is 52.5 Å². The number of halogens is 2. The number of carbonyl (C=O) groups is 2. The molecule has 0 saturated heterocycles. The van der Waals surface area contributed by atoms with E-state index in [4.69, 9.17) is 32.9 Å². The second-order valence-corrected chi connectivity index (χ2v) is 13.4. The van der Waals surface area contributed by atoms with Crippen molar-refractivity contribution in [1.29, 1.82) is 0 Å². The quantitative estimate of drug-likeness (QED) is 0.117. The van der Waals surface area contributed by atoms with Crippen LogP contribution < -0.4 is 20.9 Å². The van der Waals surface area contributed by atoms with E-state index in [1.807, 2.05) is 79.7 Å². The summed E-state index contributed by atoms with van der Waals surface area (Å²) >= 11 is 12.8. The van der Waals surface area contributed by atoms with Crippen LogP contribution in [0.2, 0.25) is 0 Å². The van der Waals surface area contributed by atoms with Gasteiger partial charge in [0.2, 0.25) is 0 Å². The summed E-state index contributed by atoms with van der Waals surface area (Å²) in [6.45, 7) is 4.05. The molecule has 13 heteroatoms. The number of fused-ring (bicyclic) bond motifs is 1. The van der Waals surface area contributed by atoms with Crippen LogP contribution in [0.1, 0.15) is 35.8 Å². The summed E-state index contributed by atoms with van der Waals surface area (Å²) in [7, 11) is 3.86. The molecule has 2 heterocycles. The van der Waals surface area contributed by atoms with Crippen molar-refractivity contribution in [2.75, 3.05) is 41.6 Å². The molecule has 0 saturated carbocycles. The fourth-order valence-corrected chi connectivity index (χ4v) is 5.46. The van der Waals surface area contributed by atoms with Gasteiger partial charge in [0.25, 0.3) is 5.91 Å². The Morgan fingerprint density at radius 3 is 2.40 bits per heavy atom. The first-order valence-electron chi connectivity index (χ1n) is 14.7. The molecule has 0 bridgehead atoms. The summed E-state index contributed by atoms with van der Waals surface area (Å²) in [6, 6.07) is 24.3. The number of ether oxygens (including phenoxy) is 1. The zero-order valence-electron chi connectivity index (χ0n) is 26.1. The Morgan fingerprint density at radius 2 is 1.68 bits per heavy atom. The highest BCUT2D eigenvalue weighted by molar-refractivity contribution is 7.99. The second-order valence-electron chi connectivity index (χ2n) is 11.0. The van der Waals surface area contributed by atoms with Crippen LogP contribution in [-0.2, 0) is 4.74 Å². The van der Waals surface area contributed by atoms with Gasteiger partial charge in [-0.15, -0.1) is 23.2 Å². The standard InChI is InChI=1S/C34H33Cl2N7O3S/c1-20(2)27-14-13-26-31(41-27)37-19-38-32(26)42-28-17-23(39-33(44)21-6-5-7-24(16-21)43(3)4)10-15-29(28)47-25-11-8-22(9-12-25)40-34(45)46-18-30(35)36/h5-17,19-20,30H,18H2,1-4H3,(H,39,44)(H,40,45)(H,37,38,41,42). The summed E-state index contributed by atoms with van der Waals surface area (Å²) in [4.78, 5) is 41.8. The third kappa shape index (κ3) is 9.03. The lowest BCUT2D eigenvalue weighted by Crippen LogP contribution is -2.16. The van der Waals surface area contributed by atoms with Gasteiger partial charge in [-0.05, 0) is 78.7 Å². The van der Waals surface area contributed by atoms with E-state index in [2.05, 4.69) is 39.8 Å². The van der Waals surface area contributed by atoms with Gasteiger partial charge >= 0.3 is 6.09 Å². The Kier molecular flexibility index (Phi) is 11.0. The zero-order valence-corrected chi connectivity index (χ0v) is 28.5. The topological polar surface area (TPSA) is 121 Å². The molecule has 10 nitrogen and oxygen atoms in total. The van der Waals surface area contributed by atoms with Crippen molar-refractivity contribution in [3.05, 3.63) is 96.4 Å². The van der Waals surface area contributed by atoms with E-state index in [9.17, 15) is 9.59 Å². The second kappa shape index (κ2) is 15.3.